The molecule has 0 amide bonds. The predicted molar refractivity (Wildman–Crippen MR) is 96.3 cm³/mol. The molecule has 4 rings (SSSR count). The average molecular weight is 389 g/mol. The first-order valence-electron chi connectivity index (χ1n) is 9.00. The molecule has 150 valence electrons. The van der Waals surface area contributed by atoms with E-state index in [4.69, 9.17) is 15.3 Å². The lowest BCUT2D eigenvalue weighted by molar-refractivity contribution is -0.154. The van der Waals surface area contributed by atoms with Gasteiger partial charge in [0.2, 0.25) is 0 Å². The van der Waals surface area contributed by atoms with E-state index in [-0.39, 0.29) is 12.8 Å². The second-order valence-electron chi connectivity index (χ2n) is 6.77. The Morgan fingerprint density at radius 3 is 2.71 bits per heavy atom. The standard InChI is InChI=1S/C18H23N5O5/c1-10(11-5-3-2-4-6-11)28-23-9-21-17-13(16(23)19)20-8-22(17)18-15(26)14(25)12(7-24)27-18/h2-6,8,10,12,14-15,18,24-26H,7,9,19H2,1H3/t10?,12-,14-,15-,18-/m1/s1. The molecule has 10 nitrogen and oxygen atoms in total. The van der Waals surface area contributed by atoms with Crippen LogP contribution in [0.25, 0.3) is 5.82 Å². The third kappa shape index (κ3) is 3.15. The van der Waals surface area contributed by atoms with Crippen molar-refractivity contribution in [1.82, 2.24) is 14.6 Å². The molecular formula is C18H23N5O5. The lowest BCUT2D eigenvalue weighted by atomic mass is 10.1. The van der Waals surface area contributed by atoms with Gasteiger partial charge in [0.15, 0.2) is 17.5 Å². The van der Waals surface area contributed by atoms with Gasteiger partial charge < -0.3 is 25.8 Å². The smallest absolute Gasteiger partial charge is 0.165 e. The second-order valence-corrected chi connectivity index (χ2v) is 6.77. The van der Waals surface area contributed by atoms with Crippen LogP contribution < -0.4 is 16.6 Å². The summed E-state index contributed by atoms with van der Waals surface area (Å²) in [7, 11) is 0. The molecule has 5 N–H and O–H groups in total. The number of rotatable bonds is 5. The van der Waals surface area contributed by atoms with Crippen LogP contribution in [0.2, 0.25) is 0 Å². The zero-order valence-electron chi connectivity index (χ0n) is 15.3. The summed E-state index contributed by atoms with van der Waals surface area (Å²) in [6.07, 6.45) is -3.03. The highest BCUT2D eigenvalue weighted by Gasteiger charge is 2.44. The molecule has 2 aromatic rings. The molecule has 1 unspecified atom stereocenters. The van der Waals surface area contributed by atoms with Crippen molar-refractivity contribution in [2.24, 2.45) is 10.7 Å². The molecule has 0 bridgehead atoms. The molecule has 1 aromatic carbocycles. The molecule has 1 aromatic heterocycles. The largest absolute Gasteiger partial charge is 0.394 e. The van der Waals surface area contributed by atoms with E-state index in [1.54, 1.807) is 0 Å². The van der Waals surface area contributed by atoms with Crippen LogP contribution in [0.15, 0.2) is 41.7 Å². The number of ether oxygens (including phenoxy) is 1. The monoisotopic (exact) mass is 389 g/mol. The van der Waals surface area contributed by atoms with Crippen molar-refractivity contribution in [1.29, 1.82) is 0 Å². The maximum Gasteiger partial charge on any atom is 0.165 e. The summed E-state index contributed by atoms with van der Waals surface area (Å²) in [5, 5.41) is 31.4. The van der Waals surface area contributed by atoms with Gasteiger partial charge in [-0.05, 0) is 12.5 Å². The Morgan fingerprint density at radius 1 is 1.29 bits per heavy atom. The van der Waals surface area contributed by atoms with Gasteiger partial charge in [-0.1, -0.05) is 30.3 Å². The van der Waals surface area contributed by atoms with Gasteiger partial charge in [0, 0.05) is 0 Å². The van der Waals surface area contributed by atoms with Gasteiger partial charge in [-0.2, -0.15) is 0 Å². The van der Waals surface area contributed by atoms with Crippen LogP contribution >= 0.6 is 0 Å². The van der Waals surface area contributed by atoms with Crippen LogP contribution in [0.4, 0.5) is 0 Å². The first-order valence-corrected chi connectivity index (χ1v) is 9.00. The van der Waals surface area contributed by atoms with E-state index in [0.717, 1.165) is 5.56 Å². The van der Waals surface area contributed by atoms with E-state index in [1.807, 2.05) is 37.3 Å². The normalized spacial score (nSPS) is 28.1. The summed E-state index contributed by atoms with van der Waals surface area (Å²) in [5.41, 5.74) is 7.65. The summed E-state index contributed by atoms with van der Waals surface area (Å²) in [6.45, 7) is 1.64. The number of aliphatic hydroxyl groups is 3. The molecule has 1 fully saturated rings. The highest BCUT2D eigenvalue weighted by atomic mass is 16.7. The fourth-order valence-electron chi connectivity index (χ4n) is 3.38. The van der Waals surface area contributed by atoms with Crippen LogP contribution in [0.1, 0.15) is 24.8 Å². The van der Waals surface area contributed by atoms with Crippen molar-refractivity contribution >= 4 is 5.82 Å². The highest BCUT2D eigenvalue weighted by molar-refractivity contribution is 5.34. The molecule has 1 saturated heterocycles. The Labute approximate surface area is 160 Å². The topological polar surface area (TPSA) is 139 Å². The van der Waals surface area contributed by atoms with Crippen LogP contribution in [-0.2, 0) is 9.57 Å². The molecule has 0 aliphatic carbocycles. The third-order valence-corrected chi connectivity index (χ3v) is 4.97. The number of hydrogen-bond donors (Lipinski definition) is 4. The average Bonchev–Trinajstić information content (AvgIpc) is 3.26. The molecule has 10 heteroatoms. The Balaban J connectivity index is 1.60. The van der Waals surface area contributed by atoms with Crippen molar-refractivity contribution in [2.45, 2.75) is 37.6 Å². The zero-order valence-corrected chi connectivity index (χ0v) is 15.3. The maximum atomic E-state index is 10.2. The zero-order chi connectivity index (χ0) is 19.8. The van der Waals surface area contributed by atoms with Crippen molar-refractivity contribution in [3.05, 3.63) is 53.1 Å². The van der Waals surface area contributed by atoms with E-state index >= 15 is 0 Å². The summed E-state index contributed by atoms with van der Waals surface area (Å²) in [4.78, 5) is 14.7. The fraction of sp³-hybridized carbons (Fsp3) is 0.444. The van der Waals surface area contributed by atoms with E-state index in [0.29, 0.717) is 16.7 Å². The minimum Gasteiger partial charge on any atom is -0.394 e. The minimum absolute atomic E-state index is 0.135. The first-order chi connectivity index (χ1) is 13.5. The van der Waals surface area contributed by atoms with Gasteiger partial charge in [0.25, 0.3) is 0 Å². The SMILES string of the molecule is CC(ON1CN=c2c(ncn2[C@@H]2O[C@H](CO)[C@@H](O)[C@H]2O)=C1N)c1ccccc1. The van der Waals surface area contributed by atoms with Crippen molar-refractivity contribution in [2.75, 3.05) is 13.3 Å². The number of benzene rings is 1. The van der Waals surface area contributed by atoms with Crippen LogP contribution in [0.3, 0.4) is 0 Å². The number of hydroxylamine groups is 2. The Morgan fingerprint density at radius 2 is 2.04 bits per heavy atom. The Kier molecular flexibility index (Phi) is 5.04. The van der Waals surface area contributed by atoms with E-state index in [2.05, 4.69) is 9.98 Å². The summed E-state index contributed by atoms with van der Waals surface area (Å²) < 4.78 is 7.05. The number of hydrogen-bond acceptors (Lipinski definition) is 9. The number of nitrogens with two attached hydrogens (primary N) is 1. The van der Waals surface area contributed by atoms with E-state index in [9.17, 15) is 15.3 Å². The molecule has 2 aliphatic heterocycles. The molecule has 0 radical (unpaired) electrons. The van der Waals surface area contributed by atoms with E-state index < -0.39 is 31.1 Å². The maximum absolute atomic E-state index is 10.2. The summed E-state index contributed by atoms with van der Waals surface area (Å²) >= 11 is 0. The number of aromatic nitrogens is 2. The number of aliphatic hydroxyl groups excluding tert-OH is 3. The minimum atomic E-state index is -1.22. The molecular weight excluding hydrogens is 366 g/mol. The molecule has 2 aliphatic rings. The van der Waals surface area contributed by atoms with Crippen LogP contribution in [0.5, 0.6) is 0 Å². The van der Waals surface area contributed by atoms with Crippen molar-refractivity contribution in [3.8, 4) is 0 Å². The number of nitrogens with zero attached hydrogens (tertiary/aromatic N) is 4. The van der Waals surface area contributed by atoms with Crippen molar-refractivity contribution < 1.29 is 24.9 Å². The van der Waals surface area contributed by atoms with Crippen LogP contribution in [-0.4, -0.2) is 61.5 Å². The van der Waals surface area contributed by atoms with Gasteiger partial charge in [0.1, 0.15) is 36.4 Å². The van der Waals surface area contributed by atoms with E-state index in [1.165, 1.54) is 16.0 Å². The first kappa shape index (κ1) is 18.8. The van der Waals surface area contributed by atoms with Crippen LogP contribution in [0, 0.1) is 0 Å². The quantitative estimate of drug-likeness (QED) is 0.465. The van der Waals surface area contributed by atoms with Gasteiger partial charge in [-0.3, -0.25) is 9.40 Å². The Hall–Kier alpha value is -2.50. The van der Waals surface area contributed by atoms with Gasteiger partial charge in [-0.15, -0.1) is 0 Å². The number of fused-ring (bicyclic) bond motifs is 1. The van der Waals surface area contributed by atoms with Gasteiger partial charge in [0.05, 0.1) is 12.9 Å². The lowest BCUT2D eigenvalue weighted by Crippen LogP contribution is -2.47. The predicted octanol–water partition coefficient (Wildman–Crippen LogP) is -1.90. The molecule has 5 atom stereocenters. The summed E-state index contributed by atoms with van der Waals surface area (Å²) in [6, 6.07) is 9.73. The molecule has 0 spiro atoms. The molecule has 28 heavy (non-hydrogen) atoms. The molecule has 0 saturated carbocycles. The van der Waals surface area contributed by atoms with Crippen molar-refractivity contribution in [3.63, 3.8) is 0 Å². The lowest BCUT2D eigenvalue weighted by Gasteiger charge is -2.27. The third-order valence-electron chi connectivity index (χ3n) is 4.97. The van der Waals surface area contributed by atoms with Gasteiger partial charge >= 0.3 is 0 Å². The number of imidazole rings is 1. The second kappa shape index (κ2) is 7.49. The molecule has 3 heterocycles. The Bertz CT molecular complexity index is 949. The summed E-state index contributed by atoms with van der Waals surface area (Å²) in [5.74, 6) is 0.290. The fourth-order valence-corrected chi connectivity index (χ4v) is 3.38. The van der Waals surface area contributed by atoms with Gasteiger partial charge in [-0.25, -0.2) is 15.0 Å². The highest BCUT2D eigenvalue weighted by Crippen LogP contribution is 2.28.